The third-order valence-electron chi connectivity index (χ3n) is 3.84. The maximum absolute atomic E-state index is 12.6. The minimum Gasteiger partial charge on any atom is -0.459 e. The number of hydrogen-bond acceptors (Lipinski definition) is 4. The Bertz CT molecular complexity index is 888. The number of amides is 2. The minimum absolute atomic E-state index is 0.0904. The van der Waals surface area contributed by atoms with E-state index in [2.05, 4.69) is 15.6 Å². The van der Waals surface area contributed by atoms with Crippen molar-refractivity contribution in [3.8, 4) is 0 Å². The number of furan rings is 1. The highest BCUT2D eigenvalue weighted by Gasteiger charge is 2.25. The van der Waals surface area contributed by atoms with Crippen LogP contribution in [-0.2, 0) is 4.79 Å². The molecule has 0 spiro atoms. The number of fused-ring (bicyclic) bond motifs is 1. The van der Waals surface area contributed by atoms with Gasteiger partial charge in [0.2, 0.25) is 5.91 Å². The van der Waals surface area contributed by atoms with E-state index in [1.54, 1.807) is 18.3 Å². The van der Waals surface area contributed by atoms with Gasteiger partial charge in [-0.15, -0.1) is 0 Å². The molecule has 0 aliphatic heterocycles. The Labute approximate surface area is 145 Å². The van der Waals surface area contributed by atoms with Gasteiger partial charge in [0, 0.05) is 5.39 Å². The lowest BCUT2D eigenvalue weighted by Crippen LogP contribution is -2.47. The van der Waals surface area contributed by atoms with Crippen LogP contribution in [0.3, 0.4) is 0 Å². The molecule has 0 aliphatic rings. The fourth-order valence-corrected chi connectivity index (χ4v) is 2.51. The van der Waals surface area contributed by atoms with Gasteiger partial charge in [-0.1, -0.05) is 32.0 Å². The van der Waals surface area contributed by atoms with Gasteiger partial charge in [0.1, 0.15) is 6.04 Å². The lowest BCUT2D eigenvalue weighted by atomic mass is 10.0. The van der Waals surface area contributed by atoms with Crippen LogP contribution in [0, 0.1) is 5.92 Å². The lowest BCUT2D eigenvalue weighted by molar-refractivity contribution is -0.118. The first kappa shape index (κ1) is 16.7. The molecule has 0 aliphatic carbocycles. The van der Waals surface area contributed by atoms with Crippen LogP contribution in [0.5, 0.6) is 0 Å². The highest BCUT2D eigenvalue weighted by molar-refractivity contribution is 6.00. The SMILES string of the molecule is CC(C)[C@H](NC(=O)c1ccco1)C(=O)Nc1cnc2ccccc2c1. The summed E-state index contributed by atoms with van der Waals surface area (Å²) in [5.74, 6) is -0.638. The smallest absolute Gasteiger partial charge is 0.287 e. The van der Waals surface area contributed by atoms with Crippen molar-refractivity contribution in [3.05, 3.63) is 60.7 Å². The Balaban J connectivity index is 1.74. The number of benzene rings is 1. The molecule has 6 nitrogen and oxygen atoms in total. The van der Waals surface area contributed by atoms with Crippen LogP contribution in [0.15, 0.2) is 59.3 Å². The molecule has 3 rings (SSSR count). The molecule has 25 heavy (non-hydrogen) atoms. The van der Waals surface area contributed by atoms with E-state index in [1.165, 1.54) is 6.26 Å². The molecule has 2 heterocycles. The maximum atomic E-state index is 12.6. The van der Waals surface area contributed by atoms with Gasteiger partial charge in [0.15, 0.2) is 5.76 Å². The molecule has 6 heteroatoms. The van der Waals surface area contributed by atoms with Crippen molar-refractivity contribution in [2.45, 2.75) is 19.9 Å². The van der Waals surface area contributed by atoms with Gasteiger partial charge in [-0.3, -0.25) is 14.6 Å². The van der Waals surface area contributed by atoms with Crippen LogP contribution in [0.1, 0.15) is 24.4 Å². The number of pyridine rings is 1. The molecule has 3 aromatic rings. The van der Waals surface area contributed by atoms with Crippen molar-refractivity contribution < 1.29 is 14.0 Å². The summed E-state index contributed by atoms with van der Waals surface area (Å²) in [6.07, 6.45) is 3.02. The maximum Gasteiger partial charge on any atom is 0.287 e. The van der Waals surface area contributed by atoms with E-state index in [-0.39, 0.29) is 17.6 Å². The summed E-state index contributed by atoms with van der Waals surface area (Å²) in [5, 5.41) is 6.46. The van der Waals surface area contributed by atoms with E-state index in [1.807, 2.05) is 44.2 Å². The van der Waals surface area contributed by atoms with E-state index < -0.39 is 11.9 Å². The van der Waals surface area contributed by atoms with Gasteiger partial charge in [0.25, 0.3) is 5.91 Å². The first-order chi connectivity index (χ1) is 12.0. The Morgan fingerprint density at radius 3 is 2.64 bits per heavy atom. The molecule has 0 unspecified atom stereocenters. The Morgan fingerprint density at radius 1 is 1.12 bits per heavy atom. The first-order valence-electron chi connectivity index (χ1n) is 8.04. The lowest BCUT2D eigenvalue weighted by Gasteiger charge is -2.21. The topological polar surface area (TPSA) is 84.2 Å². The summed E-state index contributed by atoms with van der Waals surface area (Å²) >= 11 is 0. The molecule has 1 aromatic carbocycles. The fourth-order valence-electron chi connectivity index (χ4n) is 2.51. The quantitative estimate of drug-likeness (QED) is 0.749. The van der Waals surface area contributed by atoms with Crippen LogP contribution in [0.25, 0.3) is 10.9 Å². The number of carbonyl (C=O) groups is 2. The molecule has 0 radical (unpaired) electrons. The molecule has 2 amide bonds. The zero-order chi connectivity index (χ0) is 17.8. The fraction of sp³-hybridized carbons (Fsp3) is 0.211. The van der Waals surface area contributed by atoms with Gasteiger partial charge in [-0.25, -0.2) is 0 Å². The summed E-state index contributed by atoms with van der Waals surface area (Å²) in [7, 11) is 0. The van der Waals surface area contributed by atoms with Crippen LogP contribution in [0.4, 0.5) is 5.69 Å². The molecule has 2 N–H and O–H groups in total. The second kappa shape index (κ2) is 7.17. The minimum atomic E-state index is -0.691. The van der Waals surface area contributed by atoms with Gasteiger partial charge in [-0.05, 0) is 30.2 Å². The van der Waals surface area contributed by atoms with Crippen LogP contribution >= 0.6 is 0 Å². The van der Waals surface area contributed by atoms with E-state index in [0.29, 0.717) is 5.69 Å². The highest BCUT2D eigenvalue weighted by atomic mass is 16.3. The number of rotatable bonds is 5. The van der Waals surface area contributed by atoms with Gasteiger partial charge in [0.05, 0.1) is 23.7 Å². The Hall–Kier alpha value is -3.15. The summed E-state index contributed by atoms with van der Waals surface area (Å²) in [6, 6.07) is 12.0. The van der Waals surface area contributed by atoms with Gasteiger partial charge in [-0.2, -0.15) is 0 Å². The molecule has 0 saturated carbocycles. The third-order valence-corrected chi connectivity index (χ3v) is 3.84. The normalized spacial score (nSPS) is 12.1. The molecule has 0 saturated heterocycles. The predicted molar refractivity (Wildman–Crippen MR) is 95.2 cm³/mol. The van der Waals surface area contributed by atoms with Crippen molar-refractivity contribution in [2.24, 2.45) is 5.92 Å². The number of nitrogens with zero attached hydrogens (tertiary/aromatic N) is 1. The van der Waals surface area contributed by atoms with E-state index in [4.69, 9.17) is 4.42 Å². The van der Waals surface area contributed by atoms with Crippen LogP contribution in [0.2, 0.25) is 0 Å². The Kier molecular flexibility index (Phi) is 4.79. The molecular formula is C19H19N3O3. The van der Waals surface area contributed by atoms with E-state index in [0.717, 1.165) is 10.9 Å². The van der Waals surface area contributed by atoms with Crippen molar-refractivity contribution in [1.82, 2.24) is 10.3 Å². The molecule has 128 valence electrons. The van der Waals surface area contributed by atoms with Crippen LogP contribution in [-0.4, -0.2) is 22.8 Å². The number of nitrogens with one attached hydrogen (secondary N) is 2. The third kappa shape index (κ3) is 3.85. The van der Waals surface area contributed by atoms with Crippen molar-refractivity contribution in [3.63, 3.8) is 0 Å². The molecule has 1 atom stereocenters. The van der Waals surface area contributed by atoms with Gasteiger partial charge < -0.3 is 15.1 Å². The Morgan fingerprint density at radius 2 is 1.92 bits per heavy atom. The standard InChI is InChI=1S/C19H19N3O3/c1-12(2)17(22-18(23)16-8-5-9-25-16)19(24)21-14-10-13-6-3-4-7-15(13)20-11-14/h3-12,17H,1-2H3,(H,21,24)(H,22,23)/t17-/m0/s1. The summed E-state index contributed by atoms with van der Waals surface area (Å²) < 4.78 is 5.07. The summed E-state index contributed by atoms with van der Waals surface area (Å²) in [4.78, 5) is 29.1. The number of anilines is 1. The number of carbonyl (C=O) groups excluding carboxylic acids is 2. The number of para-hydroxylation sites is 1. The second-order valence-electron chi connectivity index (χ2n) is 6.08. The van der Waals surface area contributed by atoms with Crippen molar-refractivity contribution in [2.75, 3.05) is 5.32 Å². The highest BCUT2D eigenvalue weighted by Crippen LogP contribution is 2.17. The number of hydrogen-bond donors (Lipinski definition) is 2. The second-order valence-corrected chi connectivity index (χ2v) is 6.08. The largest absolute Gasteiger partial charge is 0.459 e. The summed E-state index contributed by atoms with van der Waals surface area (Å²) in [6.45, 7) is 3.73. The van der Waals surface area contributed by atoms with Crippen molar-refractivity contribution in [1.29, 1.82) is 0 Å². The predicted octanol–water partition coefficient (Wildman–Crippen LogP) is 3.22. The van der Waals surface area contributed by atoms with E-state index >= 15 is 0 Å². The van der Waals surface area contributed by atoms with Gasteiger partial charge >= 0.3 is 0 Å². The average Bonchev–Trinajstić information content (AvgIpc) is 3.13. The van der Waals surface area contributed by atoms with Crippen molar-refractivity contribution >= 4 is 28.4 Å². The number of aromatic nitrogens is 1. The summed E-state index contributed by atoms with van der Waals surface area (Å²) in [5.41, 5.74) is 1.44. The first-order valence-corrected chi connectivity index (χ1v) is 8.04. The zero-order valence-corrected chi connectivity index (χ0v) is 14.0. The van der Waals surface area contributed by atoms with E-state index in [9.17, 15) is 9.59 Å². The molecule has 0 fully saturated rings. The molecule has 0 bridgehead atoms. The van der Waals surface area contributed by atoms with Crippen LogP contribution < -0.4 is 10.6 Å². The average molecular weight is 337 g/mol. The zero-order valence-electron chi connectivity index (χ0n) is 14.0. The molecular weight excluding hydrogens is 318 g/mol. The monoisotopic (exact) mass is 337 g/mol. The molecule has 2 aromatic heterocycles.